The molecular weight excluding hydrogens is 408 g/mol. The third-order valence-electron chi connectivity index (χ3n) is 4.24. The second-order valence-electron chi connectivity index (χ2n) is 6.54. The maximum Gasteiger partial charge on any atom is 0.266 e. The van der Waals surface area contributed by atoms with Crippen LogP contribution in [0.5, 0.6) is 5.75 Å². The van der Waals surface area contributed by atoms with Gasteiger partial charge in [-0.3, -0.25) is 9.48 Å². The summed E-state index contributed by atoms with van der Waals surface area (Å²) in [4.78, 5) is 13.0. The number of benzene rings is 2. The summed E-state index contributed by atoms with van der Waals surface area (Å²) in [6.45, 7) is 0.752. The molecule has 4 aromatic rings. The van der Waals surface area contributed by atoms with Crippen LogP contribution in [0, 0.1) is 11.6 Å². The number of carbonyl (C=O) groups excluding carboxylic acids is 1. The molecule has 0 unspecified atom stereocenters. The molecule has 1 amide bonds. The van der Waals surface area contributed by atoms with Gasteiger partial charge in [0.05, 0.1) is 11.4 Å². The lowest BCUT2D eigenvalue weighted by Crippen LogP contribution is -2.11. The molecule has 0 atom stereocenters. The molecule has 0 aliphatic heterocycles. The number of rotatable bonds is 7. The number of halogens is 2. The van der Waals surface area contributed by atoms with E-state index >= 15 is 0 Å². The molecule has 8 heteroatoms. The van der Waals surface area contributed by atoms with E-state index in [4.69, 9.17) is 4.74 Å². The second kappa shape index (κ2) is 8.87. The van der Waals surface area contributed by atoms with Crippen molar-refractivity contribution in [2.75, 3.05) is 5.32 Å². The summed E-state index contributed by atoms with van der Waals surface area (Å²) in [6, 6.07) is 15.4. The second-order valence-corrected chi connectivity index (χ2v) is 7.45. The largest absolute Gasteiger partial charge is 0.489 e. The van der Waals surface area contributed by atoms with Gasteiger partial charge in [-0.25, -0.2) is 8.78 Å². The molecule has 2 heterocycles. The Morgan fingerprint density at radius 3 is 2.43 bits per heavy atom. The molecule has 0 radical (unpaired) electrons. The molecule has 0 spiro atoms. The Bertz CT molecular complexity index is 1140. The lowest BCUT2D eigenvalue weighted by molar-refractivity contribution is 0.103. The first-order valence-corrected chi connectivity index (χ1v) is 9.98. The van der Waals surface area contributed by atoms with Crippen LogP contribution in [0.3, 0.4) is 0 Å². The molecule has 152 valence electrons. The number of nitrogens with zero attached hydrogens (tertiary/aromatic N) is 2. The average Bonchev–Trinajstić information content (AvgIpc) is 3.39. The van der Waals surface area contributed by atoms with Gasteiger partial charge in [0, 0.05) is 17.8 Å². The van der Waals surface area contributed by atoms with Crippen LogP contribution in [-0.4, -0.2) is 15.7 Å². The molecule has 5 nitrogen and oxygen atoms in total. The van der Waals surface area contributed by atoms with Crippen molar-refractivity contribution in [1.82, 2.24) is 9.78 Å². The first-order chi connectivity index (χ1) is 14.5. The zero-order chi connectivity index (χ0) is 20.9. The first-order valence-electron chi connectivity index (χ1n) is 9.10. The highest BCUT2D eigenvalue weighted by Crippen LogP contribution is 2.19. The Morgan fingerprint density at radius 2 is 1.70 bits per heavy atom. The number of thiophene rings is 1. The van der Waals surface area contributed by atoms with E-state index in [-0.39, 0.29) is 24.1 Å². The Morgan fingerprint density at radius 1 is 1.00 bits per heavy atom. The van der Waals surface area contributed by atoms with Crippen molar-refractivity contribution in [2.45, 2.75) is 13.2 Å². The Labute approximate surface area is 175 Å². The van der Waals surface area contributed by atoms with Gasteiger partial charge in [0.2, 0.25) is 0 Å². The SMILES string of the molecule is O=C(Nc1ccn(Cc2ccc(F)cc2)n1)c1cc(COc2ccc(F)cc2)cs1. The van der Waals surface area contributed by atoms with Crippen molar-refractivity contribution in [1.29, 1.82) is 0 Å². The van der Waals surface area contributed by atoms with Gasteiger partial charge >= 0.3 is 0 Å². The van der Waals surface area contributed by atoms with Gasteiger partial charge in [0.25, 0.3) is 5.91 Å². The van der Waals surface area contributed by atoms with Crippen LogP contribution < -0.4 is 10.1 Å². The maximum absolute atomic E-state index is 13.0. The number of anilines is 1. The van der Waals surface area contributed by atoms with Crippen molar-refractivity contribution in [2.24, 2.45) is 0 Å². The van der Waals surface area contributed by atoms with Gasteiger partial charge in [-0.1, -0.05) is 12.1 Å². The number of aromatic nitrogens is 2. The van der Waals surface area contributed by atoms with Crippen molar-refractivity contribution >= 4 is 23.1 Å². The number of hydrogen-bond donors (Lipinski definition) is 1. The van der Waals surface area contributed by atoms with Crippen LogP contribution in [0.2, 0.25) is 0 Å². The van der Waals surface area contributed by atoms with Crippen LogP contribution in [0.1, 0.15) is 20.8 Å². The third kappa shape index (κ3) is 5.09. The molecule has 4 rings (SSSR count). The third-order valence-corrected chi connectivity index (χ3v) is 5.21. The number of hydrogen-bond acceptors (Lipinski definition) is 4. The van der Waals surface area contributed by atoms with E-state index in [9.17, 15) is 13.6 Å². The van der Waals surface area contributed by atoms with Crippen LogP contribution >= 0.6 is 11.3 Å². The number of nitrogens with one attached hydrogen (secondary N) is 1. The Hall–Kier alpha value is -3.52. The molecule has 0 saturated carbocycles. The Balaban J connectivity index is 1.32. The highest BCUT2D eigenvalue weighted by Gasteiger charge is 2.12. The van der Waals surface area contributed by atoms with E-state index in [1.807, 2.05) is 5.38 Å². The van der Waals surface area contributed by atoms with E-state index in [0.717, 1.165) is 11.1 Å². The van der Waals surface area contributed by atoms with E-state index in [0.29, 0.717) is 23.0 Å². The van der Waals surface area contributed by atoms with Crippen molar-refractivity contribution < 1.29 is 18.3 Å². The number of amides is 1. The molecule has 2 aromatic heterocycles. The van der Waals surface area contributed by atoms with Gasteiger partial charge in [-0.05, 0) is 53.4 Å². The monoisotopic (exact) mass is 425 g/mol. The average molecular weight is 425 g/mol. The molecule has 0 saturated heterocycles. The van der Waals surface area contributed by atoms with Crippen molar-refractivity contribution in [3.8, 4) is 5.75 Å². The molecule has 0 bridgehead atoms. The lowest BCUT2D eigenvalue weighted by Gasteiger charge is -2.04. The highest BCUT2D eigenvalue weighted by molar-refractivity contribution is 7.12. The molecule has 0 aliphatic carbocycles. The lowest BCUT2D eigenvalue weighted by atomic mass is 10.2. The molecule has 30 heavy (non-hydrogen) atoms. The minimum atomic E-state index is -0.322. The predicted octanol–water partition coefficient (Wildman–Crippen LogP) is 5.10. The summed E-state index contributed by atoms with van der Waals surface area (Å²) in [5.41, 5.74) is 1.75. The quantitative estimate of drug-likeness (QED) is 0.448. The van der Waals surface area contributed by atoms with Gasteiger partial charge < -0.3 is 10.1 Å². The Kier molecular flexibility index (Phi) is 5.85. The van der Waals surface area contributed by atoms with E-state index < -0.39 is 0 Å². The van der Waals surface area contributed by atoms with Crippen molar-refractivity contribution in [3.63, 3.8) is 0 Å². The van der Waals surface area contributed by atoms with Gasteiger partial charge in [0.1, 0.15) is 24.0 Å². The zero-order valence-corrected chi connectivity index (χ0v) is 16.5. The molecule has 2 aromatic carbocycles. The molecular formula is C22H17F2N3O2S. The van der Waals surface area contributed by atoms with E-state index in [1.165, 1.54) is 35.6 Å². The summed E-state index contributed by atoms with van der Waals surface area (Å²) >= 11 is 1.30. The van der Waals surface area contributed by atoms with Crippen LogP contribution in [0.25, 0.3) is 0 Å². The first kappa shape index (κ1) is 19.8. The maximum atomic E-state index is 13.0. The number of ether oxygens (including phenoxy) is 1. The fourth-order valence-corrected chi connectivity index (χ4v) is 3.53. The van der Waals surface area contributed by atoms with Gasteiger partial charge in [0.15, 0.2) is 5.82 Å². The fraction of sp³-hybridized carbons (Fsp3) is 0.0909. The zero-order valence-electron chi connectivity index (χ0n) is 15.7. The van der Waals surface area contributed by atoms with E-state index in [2.05, 4.69) is 10.4 Å². The van der Waals surface area contributed by atoms with Crippen LogP contribution in [0.15, 0.2) is 72.2 Å². The summed E-state index contributed by atoms with van der Waals surface area (Å²) in [6.07, 6.45) is 1.75. The van der Waals surface area contributed by atoms with Crippen molar-refractivity contribution in [3.05, 3.63) is 99.9 Å². The van der Waals surface area contributed by atoms with Gasteiger partial charge in [-0.2, -0.15) is 5.10 Å². The summed E-state index contributed by atoms with van der Waals surface area (Å²) in [5.74, 6) is 0.113. The fourth-order valence-electron chi connectivity index (χ4n) is 2.74. The molecule has 0 aliphatic rings. The minimum Gasteiger partial charge on any atom is -0.489 e. The van der Waals surface area contributed by atoms with E-state index in [1.54, 1.807) is 47.3 Å². The molecule has 0 fully saturated rings. The topological polar surface area (TPSA) is 56.2 Å². The highest BCUT2D eigenvalue weighted by atomic mass is 32.1. The van der Waals surface area contributed by atoms with Crippen LogP contribution in [0.4, 0.5) is 14.6 Å². The number of carbonyl (C=O) groups is 1. The predicted molar refractivity (Wildman–Crippen MR) is 111 cm³/mol. The smallest absolute Gasteiger partial charge is 0.266 e. The van der Waals surface area contributed by atoms with Gasteiger partial charge in [-0.15, -0.1) is 11.3 Å². The summed E-state index contributed by atoms with van der Waals surface area (Å²) in [5, 5.41) is 8.93. The summed E-state index contributed by atoms with van der Waals surface area (Å²) in [7, 11) is 0. The standard InChI is InChI=1S/C22H17F2N3O2S/c23-17-3-1-15(2-4-17)12-27-10-9-21(26-27)25-22(28)20-11-16(14-30-20)13-29-19-7-5-18(24)6-8-19/h1-11,14H,12-13H2,(H,25,26,28). The normalized spacial score (nSPS) is 10.7. The van der Waals surface area contributed by atoms with Crippen LogP contribution in [-0.2, 0) is 13.2 Å². The summed E-state index contributed by atoms with van der Waals surface area (Å²) < 4.78 is 33.2. The minimum absolute atomic E-state index is 0.264. The molecule has 1 N–H and O–H groups in total.